The third kappa shape index (κ3) is 3.18. The highest BCUT2D eigenvalue weighted by molar-refractivity contribution is 9.10. The summed E-state index contributed by atoms with van der Waals surface area (Å²) in [6.45, 7) is 0. The lowest BCUT2D eigenvalue weighted by Crippen LogP contribution is -2.38. The van der Waals surface area contributed by atoms with Gasteiger partial charge in [-0.05, 0) is 27.6 Å². The van der Waals surface area contributed by atoms with Crippen LogP contribution in [0.5, 0.6) is 0 Å². The SMILES string of the molecule is N[C@H](c1ccc(Br)c([N+](=O)[O-])c1)[C@@H](O)C(F)(F)F. The molecule has 9 heteroatoms. The Balaban J connectivity index is 3.11. The van der Waals surface area contributed by atoms with E-state index >= 15 is 0 Å². The van der Waals surface area contributed by atoms with E-state index in [9.17, 15) is 23.3 Å². The highest BCUT2D eigenvalue weighted by Gasteiger charge is 2.43. The number of aliphatic hydroxyl groups excluding tert-OH is 1. The second-order valence-electron chi connectivity index (χ2n) is 3.48. The fourth-order valence-corrected chi connectivity index (χ4v) is 1.65. The predicted molar refractivity (Wildman–Crippen MR) is 59.8 cm³/mol. The Morgan fingerprint density at radius 2 is 2.00 bits per heavy atom. The van der Waals surface area contributed by atoms with Crippen LogP contribution in [0.4, 0.5) is 18.9 Å². The number of rotatable bonds is 3. The van der Waals surface area contributed by atoms with Crippen molar-refractivity contribution in [3.63, 3.8) is 0 Å². The molecule has 0 bridgehead atoms. The molecule has 18 heavy (non-hydrogen) atoms. The van der Waals surface area contributed by atoms with Crippen molar-refractivity contribution in [1.82, 2.24) is 0 Å². The summed E-state index contributed by atoms with van der Waals surface area (Å²) >= 11 is 2.89. The smallest absolute Gasteiger partial charge is 0.382 e. The van der Waals surface area contributed by atoms with Crippen LogP contribution in [-0.4, -0.2) is 22.3 Å². The first kappa shape index (κ1) is 14.9. The highest BCUT2D eigenvalue weighted by atomic mass is 79.9. The van der Waals surface area contributed by atoms with Gasteiger partial charge in [-0.15, -0.1) is 0 Å². The molecule has 0 radical (unpaired) electrons. The van der Waals surface area contributed by atoms with Crippen molar-refractivity contribution in [2.75, 3.05) is 0 Å². The average Bonchev–Trinajstić information content (AvgIpc) is 2.26. The van der Waals surface area contributed by atoms with Crippen LogP contribution < -0.4 is 5.73 Å². The summed E-state index contributed by atoms with van der Waals surface area (Å²) in [4.78, 5) is 9.85. The number of nitro benzene ring substituents is 1. The van der Waals surface area contributed by atoms with E-state index in [-0.39, 0.29) is 10.0 Å². The van der Waals surface area contributed by atoms with Gasteiger partial charge in [-0.1, -0.05) is 6.07 Å². The molecule has 1 rings (SSSR count). The second-order valence-corrected chi connectivity index (χ2v) is 4.33. The third-order valence-electron chi connectivity index (χ3n) is 2.23. The maximum atomic E-state index is 12.3. The number of aliphatic hydroxyl groups is 1. The van der Waals surface area contributed by atoms with Gasteiger partial charge in [-0.3, -0.25) is 10.1 Å². The molecule has 0 spiro atoms. The van der Waals surface area contributed by atoms with E-state index in [4.69, 9.17) is 10.8 Å². The molecule has 0 aliphatic carbocycles. The van der Waals surface area contributed by atoms with Gasteiger partial charge in [0, 0.05) is 6.07 Å². The zero-order valence-corrected chi connectivity index (χ0v) is 10.3. The van der Waals surface area contributed by atoms with Crippen LogP contribution in [0.3, 0.4) is 0 Å². The zero-order valence-electron chi connectivity index (χ0n) is 8.69. The third-order valence-corrected chi connectivity index (χ3v) is 2.90. The summed E-state index contributed by atoms with van der Waals surface area (Å²) in [6.07, 6.45) is -7.67. The first-order chi connectivity index (χ1) is 8.14. The van der Waals surface area contributed by atoms with Crippen molar-refractivity contribution in [3.05, 3.63) is 38.3 Å². The van der Waals surface area contributed by atoms with Crippen LogP contribution in [0.25, 0.3) is 0 Å². The molecular formula is C9H8BrF3N2O3. The number of alkyl halides is 3. The molecular weight excluding hydrogens is 321 g/mol. The molecule has 1 aromatic rings. The summed E-state index contributed by atoms with van der Waals surface area (Å²) in [5.74, 6) is 0. The van der Waals surface area contributed by atoms with Gasteiger partial charge in [0.2, 0.25) is 0 Å². The molecule has 2 atom stereocenters. The molecule has 1 aromatic carbocycles. The van der Waals surface area contributed by atoms with Gasteiger partial charge in [-0.2, -0.15) is 13.2 Å². The molecule has 0 saturated heterocycles. The minimum absolute atomic E-state index is 0.116. The standard InChI is InChI=1S/C9H8BrF3N2O3/c10-5-2-1-4(3-6(5)15(17)18)7(14)8(16)9(11,12)13/h1-3,7-8,16H,14H2/t7-,8-/m1/s1. The Morgan fingerprint density at radius 1 is 1.44 bits per heavy atom. The first-order valence-electron chi connectivity index (χ1n) is 4.58. The topological polar surface area (TPSA) is 89.4 Å². The number of nitro groups is 1. The minimum Gasteiger partial charge on any atom is -0.382 e. The van der Waals surface area contributed by atoms with E-state index in [0.29, 0.717) is 0 Å². The molecule has 0 aliphatic rings. The molecule has 0 saturated carbocycles. The monoisotopic (exact) mass is 328 g/mol. The molecule has 0 heterocycles. The van der Waals surface area contributed by atoms with Crippen molar-refractivity contribution in [3.8, 4) is 0 Å². The maximum absolute atomic E-state index is 12.3. The second kappa shape index (κ2) is 5.21. The van der Waals surface area contributed by atoms with Crippen LogP contribution in [0.2, 0.25) is 0 Å². The Morgan fingerprint density at radius 3 is 2.44 bits per heavy atom. The number of nitrogens with two attached hydrogens (primary N) is 1. The highest BCUT2D eigenvalue weighted by Crippen LogP contribution is 2.32. The van der Waals surface area contributed by atoms with E-state index in [1.165, 1.54) is 12.1 Å². The van der Waals surface area contributed by atoms with Gasteiger partial charge in [-0.25, -0.2) is 0 Å². The Labute approximate surface area is 108 Å². The number of hydrogen-bond acceptors (Lipinski definition) is 4. The van der Waals surface area contributed by atoms with Crippen molar-refractivity contribution < 1.29 is 23.2 Å². The van der Waals surface area contributed by atoms with Gasteiger partial charge in [0.05, 0.1) is 15.4 Å². The molecule has 0 aromatic heterocycles. The summed E-state index contributed by atoms with van der Waals surface area (Å²) in [7, 11) is 0. The molecule has 0 amide bonds. The fourth-order valence-electron chi connectivity index (χ4n) is 1.26. The van der Waals surface area contributed by atoms with Crippen LogP contribution in [-0.2, 0) is 0 Å². The fraction of sp³-hybridized carbons (Fsp3) is 0.333. The van der Waals surface area contributed by atoms with Crippen LogP contribution in [0.1, 0.15) is 11.6 Å². The summed E-state index contributed by atoms with van der Waals surface area (Å²) in [6, 6.07) is 1.49. The zero-order chi connectivity index (χ0) is 14.1. The van der Waals surface area contributed by atoms with Crippen LogP contribution >= 0.6 is 15.9 Å². The summed E-state index contributed by atoms with van der Waals surface area (Å²) < 4.78 is 36.9. The van der Waals surface area contributed by atoms with E-state index in [1.54, 1.807) is 0 Å². The number of nitrogens with zero attached hydrogens (tertiary/aromatic N) is 1. The summed E-state index contributed by atoms with van der Waals surface area (Å²) in [5.41, 5.74) is 4.65. The van der Waals surface area contributed by atoms with E-state index < -0.39 is 28.9 Å². The van der Waals surface area contributed by atoms with E-state index in [0.717, 1.165) is 6.07 Å². The molecule has 0 unspecified atom stereocenters. The van der Waals surface area contributed by atoms with Gasteiger partial charge in [0.1, 0.15) is 0 Å². The van der Waals surface area contributed by atoms with Crippen molar-refractivity contribution in [2.24, 2.45) is 5.73 Å². The van der Waals surface area contributed by atoms with E-state index in [1.807, 2.05) is 0 Å². The average molecular weight is 329 g/mol. The predicted octanol–water partition coefficient (Wildman–Crippen LogP) is 2.28. The van der Waals surface area contributed by atoms with E-state index in [2.05, 4.69) is 15.9 Å². The van der Waals surface area contributed by atoms with Crippen molar-refractivity contribution >= 4 is 21.6 Å². The Kier molecular flexibility index (Phi) is 4.30. The molecule has 3 N–H and O–H groups in total. The van der Waals surface area contributed by atoms with Gasteiger partial charge >= 0.3 is 6.18 Å². The van der Waals surface area contributed by atoms with Crippen molar-refractivity contribution in [2.45, 2.75) is 18.3 Å². The molecule has 5 nitrogen and oxygen atoms in total. The maximum Gasteiger partial charge on any atom is 0.416 e. The minimum atomic E-state index is -4.89. The molecule has 0 aliphatic heterocycles. The van der Waals surface area contributed by atoms with Gasteiger partial charge in [0.25, 0.3) is 5.69 Å². The van der Waals surface area contributed by atoms with Crippen molar-refractivity contribution in [1.29, 1.82) is 0 Å². The number of hydrogen-bond donors (Lipinski definition) is 2. The molecule has 0 fully saturated rings. The largest absolute Gasteiger partial charge is 0.416 e. The van der Waals surface area contributed by atoms with Crippen LogP contribution in [0.15, 0.2) is 22.7 Å². The lowest BCUT2D eigenvalue weighted by atomic mass is 10.0. The Bertz CT molecular complexity index is 467. The summed E-state index contributed by atoms with van der Waals surface area (Å²) in [5, 5.41) is 19.6. The quantitative estimate of drug-likeness (QED) is 0.658. The van der Waals surface area contributed by atoms with Gasteiger partial charge in [0.15, 0.2) is 6.10 Å². The lowest BCUT2D eigenvalue weighted by Gasteiger charge is -2.21. The first-order valence-corrected chi connectivity index (χ1v) is 5.38. The normalized spacial score (nSPS) is 15.2. The van der Waals surface area contributed by atoms with Crippen LogP contribution in [0, 0.1) is 10.1 Å². The number of halogens is 4. The molecule has 100 valence electrons. The lowest BCUT2D eigenvalue weighted by molar-refractivity contribution is -0.385. The Hall–Kier alpha value is -1.19. The van der Waals surface area contributed by atoms with Gasteiger partial charge < -0.3 is 10.8 Å². The number of benzene rings is 1.